The van der Waals surface area contributed by atoms with E-state index in [0.717, 1.165) is 12.8 Å². The lowest BCUT2D eigenvalue weighted by atomic mass is 10.3. The summed E-state index contributed by atoms with van der Waals surface area (Å²) in [5.74, 6) is -0.0936. The van der Waals surface area contributed by atoms with E-state index in [4.69, 9.17) is 0 Å². The topological polar surface area (TPSA) is 46.2 Å². The Kier molecular flexibility index (Phi) is 5.78. The molecule has 0 fully saturated rings. The summed E-state index contributed by atoms with van der Waals surface area (Å²) in [6, 6.07) is 9.05. The Balaban J connectivity index is 2.37. The van der Waals surface area contributed by atoms with Gasteiger partial charge in [-0.3, -0.25) is 9.00 Å². The molecule has 0 radical (unpaired) electrons. The van der Waals surface area contributed by atoms with Crippen molar-refractivity contribution in [3.63, 3.8) is 0 Å². The summed E-state index contributed by atoms with van der Waals surface area (Å²) in [7, 11) is -1.23. The second-order valence-electron chi connectivity index (χ2n) is 3.51. The van der Waals surface area contributed by atoms with Crippen LogP contribution in [0.5, 0.6) is 0 Å². The molecule has 0 aliphatic heterocycles. The predicted molar refractivity (Wildman–Crippen MR) is 65.6 cm³/mol. The average molecular weight is 239 g/mol. The highest BCUT2D eigenvalue weighted by Crippen LogP contribution is 2.04. The van der Waals surface area contributed by atoms with Gasteiger partial charge >= 0.3 is 0 Å². The molecule has 1 atom stereocenters. The minimum atomic E-state index is -1.23. The Morgan fingerprint density at radius 2 is 2.00 bits per heavy atom. The molecule has 0 aliphatic carbocycles. The van der Waals surface area contributed by atoms with Gasteiger partial charge in [0.2, 0.25) is 5.91 Å². The van der Waals surface area contributed by atoms with Crippen LogP contribution in [-0.2, 0) is 15.6 Å². The fourth-order valence-electron chi connectivity index (χ4n) is 1.23. The lowest BCUT2D eigenvalue weighted by Crippen LogP contribution is -2.29. The van der Waals surface area contributed by atoms with Gasteiger partial charge in [-0.25, -0.2) is 0 Å². The molecular weight excluding hydrogens is 222 g/mol. The van der Waals surface area contributed by atoms with Crippen LogP contribution in [0.3, 0.4) is 0 Å². The lowest BCUT2D eigenvalue weighted by molar-refractivity contribution is -0.118. The minimum absolute atomic E-state index is 0.0493. The first kappa shape index (κ1) is 12.9. The molecule has 0 bridgehead atoms. The fourth-order valence-corrected chi connectivity index (χ4v) is 2.20. The van der Waals surface area contributed by atoms with E-state index in [-0.39, 0.29) is 11.7 Å². The summed E-state index contributed by atoms with van der Waals surface area (Å²) in [5, 5.41) is 2.75. The highest BCUT2D eigenvalue weighted by atomic mass is 32.2. The highest BCUT2D eigenvalue weighted by Gasteiger charge is 2.08. The second-order valence-corrected chi connectivity index (χ2v) is 4.96. The summed E-state index contributed by atoms with van der Waals surface area (Å²) in [4.78, 5) is 12.1. The zero-order chi connectivity index (χ0) is 11.8. The smallest absolute Gasteiger partial charge is 0.232 e. The van der Waals surface area contributed by atoms with E-state index in [2.05, 4.69) is 12.2 Å². The Morgan fingerprint density at radius 3 is 2.62 bits per heavy atom. The van der Waals surface area contributed by atoms with Crippen LogP contribution >= 0.6 is 0 Å². The van der Waals surface area contributed by atoms with Crippen LogP contribution in [0.4, 0.5) is 0 Å². The highest BCUT2D eigenvalue weighted by molar-refractivity contribution is 7.85. The van der Waals surface area contributed by atoms with Gasteiger partial charge in [-0.05, 0) is 18.6 Å². The number of hydrogen-bond donors (Lipinski definition) is 1. The van der Waals surface area contributed by atoms with E-state index in [1.165, 1.54) is 0 Å². The van der Waals surface area contributed by atoms with E-state index < -0.39 is 10.8 Å². The van der Waals surface area contributed by atoms with Crippen molar-refractivity contribution < 1.29 is 9.00 Å². The first-order valence-corrected chi connectivity index (χ1v) is 6.76. The van der Waals surface area contributed by atoms with Crippen molar-refractivity contribution in [3.8, 4) is 0 Å². The van der Waals surface area contributed by atoms with Crippen molar-refractivity contribution in [3.05, 3.63) is 30.3 Å². The Morgan fingerprint density at radius 1 is 1.31 bits per heavy atom. The summed E-state index contributed by atoms with van der Waals surface area (Å²) in [5.41, 5.74) is 0. The number of nitrogens with one attached hydrogen (secondary N) is 1. The van der Waals surface area contributed by atoms with Crippen molar-refractivity contribution in [2.75, 3.05) is 12.3 Å². The molecule has 4 heteroatoms. The summed E-state index contributed by atoms with van der Waals surface area (Å²) in [6.45, 7) is 2.73. The fraction of sp³-hybridized carbons (Fsp3) is 0.417. The van der Waals surface area contributed by atoms with Crippen LogP contribution in [0.15, 0.2) is 35.2 Å². The van der Waals surface area contributed by atoms with Gasteiger partial charge in [0.25, 0.3) is 0 Å². The van der Waals surface area contributed by atoms with E-state index in [9.17, 15) is 9.00 Å². The molecule has 1 rings (SSSR count). The quantitative estimate of drug-likeness (QED) is 0.768. The maximum absolute atomic E-state index is 11.7. The molecular formula is C12H17NO2S. The molecule has 1 unspecified atom stereocenters. The van der Waals surface area contributed by atoms with Gasteiger partial charge in [-0.15, -0.1) is 0 Å². The number of carbonyl (C=O) groups is 1. The van der Waals surface area contributed by atoms with Gasteiger partial charge in [-0.2, -0.15) is 0 Å². The average Bonchev–Trinajstić information content (AvgIpc) is 2.30. The van der Waals surface area contributed by atoms with E-state index in [1.54, 1.807) is 12.1 Å². The van der Waals surface area contributed by atoms with Crippen LogP contribution in [-0.4, -0.2) is 22.4 Å². The third-order valence-corrected chi connectivity index (χ3v) is 3.44. The van der Waals surface area contributed by atoms with Crippen molar-refractivity contribution in [1.29, 1.82) is 0 Å². The van der Waals surface area contributed by atoms with Crippen LogP contribution in [0.25, 0.3) is 0 Å². The third-order valence-electron chi connectivity index (χ3n) is 2.12. The van der Waals surface area contributed by atoms with Gasteiger partial charge in [0.05, 0.1) is 10.8 Å². The molecule has 16 heavy (non-hydrogen) atoms. The second kappa shape index (κ2) is 7.17. The van der Waals surface area contributed by atoms with Gasteiger partial charge in [0, 0.05) is 11.4 Å². The van der Waals surface area contributed by atoms with E-state index in [1.807, 2.05) is 18.2 Å². The van der Waals surface area contributed by atoms with Crippen molar-refractivity contribution >= 4 is 16.7 Å². The SMILES string of the molecule is CCCCNC(=O)CS(=O)c1ccccc1. The van der Waals surface area contributed by atoms with Gasteiger partial charge in [0.15, 0.2) is 0 Å². The van der Waals surface area contributed by atoms with Crippen LogP contribution < -0.4 is 5.32 Å². The van der Waals surface area contributed by atoms with Crippen LogP contribution in [0, 0.1) is 0 Å². The molecule has 1 aromatic carbocycles. The number of hydrogen-bond acceptors (Lipinski definition) is 2. The summed E-state index contributed by atoms with van der Waals surface area (Å²) in [6.07, 6.45) is 2.01. The number of carbonyl (C=O) groups excluding carboxylic acids is 1. The summed E-state index contributed by atoms with van der Waals surface area (Å²) < 4.78 is 11.7. The zero-order valence-electron chi connectivity index (χ0n) is 9.44. The Labute approximate surface area is 98.7 Å². The molecule has 0 saturated heterocycles. The maximum Gasteiger partial charge on any atom is 0.232 e. The van der Waals surface area contributed by atoms with E-state index >= 15 is 0 Å². The molecule has 1 aromatic rings. The Bertz CT molecular complexity index is 351. The molecule has 0 heterocycles. The number of unbranched alkanes of at least 4 members (excludes halogenated alkanes) is 1. The maximum atomic E-state index is 11.7. The first-order chi connectivity index (χ1) is 7.74. The first-order valence-electron chi connectivity index (χ1n) is 5.44. The molecule has 0 aliphatic rings. The van der Waals surface area contributed by atoms with Gasteiger partial charge < -0.3 is 5.32 Å². The molecule has 1 N–H and O–H groups in total. The molecule has 0 spiro atoms. The van der Waals surface area contributed by atoms with Crippen molar-refractivity contribution in [1.82, 2.24) is 5.32 Å². The monoisotopic (exact) mass is 239 g/mol. The number of amides is 1. The standard InChI is InChI=1S/C12H17NO2S/c1-2-3-9-13-12(14)10-16(15)11-7-5-4-6-8-11/h4-8H,2-3,9-10H2,1H3,(H,13,14). The lowest BCUT2D eigenvalue weighted by Gasteiger charge is -2.04. The zero-order valence-corrected chi connectivity index (χ0v) is 10.3. The minimum Gasteiger partial charge on any atom is -0.355 e. The number of rotatable bonds is 6. The third kappa shape index (κ3) is 4.57. The molecule has 0 saturated carbocycles. The molecule has 3 nitrogen and oxygen atoms in total. The summed E-state index contributed by atoms with van der Waals surface area (Å²) >= 11 is 0. The van der Waals surface area contributed by atoms with Crippen molar-refractivity contribution in [2.24, 2.45) is 0 Å². The van der Waals surface area contributed by atoms with E-state index in [0.29, 0.717) is 11.4 Å². The number of benzene rings is 1. The van der Waals surface area contributed by atoms with Gasteiger partial charge in [-0.1, -0.05) is 31.5 Å². The van der Waals surface area contributed by atoms with Crippen LogP contribution in [0.2, 0.25) is 0 Å². The van der Waals surface area contributed by atoms with Crippen molar-refractivity contribution in [2.45, 2.75) is 24.7 Å². The molecule has 88 valence electrons. The Hall–Kier alpha value is -1.16. The predicted octanol–water partition coefficient (Wildman–Crippen LogP) is 1.71. The van der Waals surface area contributed by atoms with Gasteiger partial charge in [0.1, 0.15) is 5.75 Å². The van der Waals surface area contributed by atoms with Crippen LogP contribution in [0.1, 0.15) is 19.8 Å². The normalized spacial score (nSPS) is 12.1. The molecule has 0 aromatic heterocycles. The largest absolute Gasteiger partial charge is 0.355 e. The molecule has 1 amide bonds.